The molecule has 1 saturated heterocycles. The van der Waals surface area contributed by atoms with Gasteiger partial charge < -0.3 is 0 Å². The second-order valence-electron chi connectivity index (χ2n) is 3.11. The lowest BCUT2D eigenvalue weighted by Crippen LogP contribution is -2.24. The topological polar surface area (TPSA) is 46.2 Å². The first-order valence-electron chi connectivity index (χ1n) is 3.98. The summed E-state index contributed by atoms with van der Waals surface area (Å²) in [6.07, 6.45) is 1.33. The first kappa shape index (κ1) is 8.24. The average Bonchev–Trinajstić information content (AvgIpc) is 2.28. The van der Waals surface area contributed by atoms with Crippen molar-refractivity contribution in [2.75, 3.05) is 0 Å². The summed E-state index contributed by atoms with van der Waals surface area (Å²) in [6.45, 7) is 4.03. The van der Waals surface area contributed by atoms with Gasteiger partial charge in [-0.1, -0.05) is 20.3 Å². The highest BCUT2D eigenvalue weighted by molar-refractivity contribution is 6.03. The van der Waals surface area contributed by atoms with Gasteiger partial charge in [-0.05, 0) is 5.92 Å². The minimum absolute atomic E-state index is 0.0764. The molecular weight excluding hydrogens is 142 g/mol. The number of imide groups is 1. The lowest BCUT2D eigenvalue weighted by molar-refractivity contribution is -0.126. The standard InChI is InChI=1S/C8H13NO2/c1-3-5(2)6-4-7(10)9-8(6)11/h5-6H,3-4H2,1-2H3,(H,9,10,11)/t5-,6-/m0/s1. The van der Waals surface area contributed by atoms with Gasteiger partial charge in [0, 0.05) is 12.3 Å². The SMILES string of the molecule is CC[C@H](C)[C@@H]1CC(=O)NC1=O. The van der Waals surface area contributed by atoms with Gasteiger partial charge in [0.05, 0.1) is 0 Å². The van der Waals surface area contributed by atoms with Gasteiger partial charge in [0.1, 0.15) is 0 Å². The number of nitrogens with one attached hydrogen (secondary N) is 1. The van der Waals surface area contributed by atoms with Gasteiger partial charge in [0.2, 0.25) is 11.8 Å². The minimum atomic E-state index is -0.125. The first-order valence-corrected chi connectivity index (χ1v) is 3.98. The Balaban J connectivity index is 2.59. The highest BCUT2D eigenvalue weighted by atomic mass is 16.2. The van der Waals surface area contributed by atoms with Gasteiger partial charge in [-0.25, -0.2) is 0 Å². The third-order valence-corrected chi connectivity index (χ3v) is 2.34. The van der Waals surface area contributed by atoms with Crippen LogP contribution in [0.1, 0.15) is 26.7 Å². The molecular formula is C8H13NO2. The molecule has 62 valence electrons. The number of amides is 2. The Kier molecular flexibility index (Phi) is 2.27. The molecule has 1 N–H and O–H groups in total. The molecule has 0 spiro atoms. The van der Waals surface area contributed by atoms with Crippen LogP contribution in [0.3, 0.4) is 0 Å². The number of rotatable bonds is 2. The van der Waals surface area contributed by atoms with Crippen LogP contribution in [0.4, 0.5) is 0 Å². The second-order valence-corrected chi connectivity index (χ2v) is 3.11. The molecule has 0 bridgehead atoms. The Bertz CT molecular complexity index is 189. The molecule has 1 aliphatic heterocycles. The third-order valence-electron chi connectivity index (χ3n) is 2.34. The monoisotopic (exact) mass is 155 g/mol. The first-order chi connectivity index (χ1) is 5.15. The predicted octanol–water partition coefficient (Wildman–Crippen LogP) is 0.695. The Labute approximate surface area is 66.2 Å². The van der Waals surface area contributed by atoms with Crippen molar-refractivity contribution in [1.29, 1.82) is 0 Å². The van der Waals surface area contributed by atoms with Crippen molar-refractivity contribution in [3.8, 4) is 0 Å². The predicted molar refractivity (Wildman–Crippen MR) is 40.7 cm³/mol. The zero-order chi connectivity index (χ0) is 8.43. The molecule has 0 saturated carbocycles. The number of hydrogen-bond donors (Lipinski definition) is 1. The molecule has 0 radical (unpaired) electrons. The Morgan fingerprint density at radius 1 is 1.64 bits per heavy atom. The molecule has 2 amide bonds. The van der Waals surface area contributed by atoms with Crippen molar-refractivity contribution >= 4 is 11.8 Å². The van der Waals surface area contributed by atoms with Crippen molar-refractivity contribution in [3.05, 3.63) is 0 Å². The summed E-state index contributed by atoms with van der Waals surface area (Å²) >= 11 is 0. The molecule has 0 aromatic rings. The van der Waals surface area contributed by atoms with Crippen LogP contribution in [-0.4, -0.2) is 11.8 Å². The number of hydrogen-bond acceptors (Lipinski definition) is 2. The van der Waals surface area contributed by atoms with Gasteiger partial charge in [0.25, 0.3) is 0 Å². The van der Waals surface area contributed by atoms with Gasteiger partial charge >= 0.3 is 0 Å². The molecule has 3 nitrogen and oxygen atoms in total. The smallest absolute Gasteiger partial charge is 0.230 e. The fourth-order valence-electron chi connectivity index (χ4n) is 1.32. The highest BCUT2D eigenvalue weighted by Gasteiger charge is 2.33. The van der Waals surface area contributed by atoms with Crippen LogP contribution in [0, 0.1) is 11.8 Å². The van der Waals surface area contributed by atoms with E-state index in [9.17, 15) is 9.59 Å². The van der Waals surface area contributed by atoms with E-state index in [0.29, 0.717) is 12.3 Å². The van der Waals surface area contributed by atoms with E-state index in [2.05, 4.69) is 5.32 Å². The van der Waals surface area contributed by atoms with E-state index in [1.165, 1.54) is 0 Å². The molecule has 0 aliphatic carbocycles. The van der Waals surface area contributed by atoms with Crippen molar-refractivity contribution in [2.45, 2.75) is 26.7 Å². The molecule has 0 aromatic heterocycles. The summed E-state index contributed by atoms with van der Waals surface area (Å²) in [4.78, 5) is 21.8. The summed E-state index contributed by atoms with van der Waals surface area (Å²) in [5.74, 6) is 0.0265. The van der Waals surface area contributed by atoms with Crippen LogP contribution in [0.25, 0.3) is 0 Å². The summed E-state index contributed by atoms with van der Waals surface area (Å²) < 4.78 is 0. The normalized spacial score (nSPS) is 26.9. The lowest BCUT2D eigenvalue weighted by Gasteiger charge is -2.12. The van der Waals surface area contributed by atoms with E-state index in [1.54, 1.807) is 0 Å². The van der Waals surface area contributed by atoms with E-state index in [0.717, 1.165) is 6.42 Å². The molecule has 1 fully saturated rings. The van der Waals surface area contributed by atoms with Crippen LogP contribution in [0.2, 0.25) is 0 Å². The fraction of sp³-hybridized carbons (Fsp3) is 0.750. The van der Waals surface area contributed by atoms with Crippen LogP contribution < -0.4 is 5.32 Å². The molecule has 2 atom stereocenters. The zero-order valence-corrected chi connectivity index (χ0v) is 6.89. The van der Waals surface area contributed by atoms with E-state index < -0.39 is 0 Å². The molecule has 0 aromatic carbocycles. The van der Waals surface area contributed by atoms with Crippen molar-refractivity contribution in [3.63, 3.8) is 0 Å². The van der Waals surface area contributed by atoms with Gasteiger partial charge in [-0.15, -0.1) is 0 Å². The summed E-state index contributed by atoms with van der Waals surface area (Å²) in [6, 6.07) is 0. The van der Waals surface area contributed by atoms with Crippen molar-refractivity contribution in [2.24, 2.45) is 11.8 Å². The highest BCUT2D eigenvalue weighted by Crippen LogP contribution is 2.22. The van der Waals surface area contributed by atoms with Crippen LogP contribution in [0.5, 0.6) is 0 Å². The maximum absolute atomic E-state index is 11.1. The minimum Gasteiger partial charge on any atom is -0.296 e. The summed E-state index contributed by atoms with van der Waals surface area (Å²) in [5.41, 5.74) is 0. The third kappa shape index (κ3) is 1.59. The second kappa shape index (κ2) is 3.03. The molecule has 1 heterocycles. The number of carbonyl (C=O) groups is 2. The quantitative estimate of drug-likeness (QED) is 0.596. The summed E-state index contributed by atoms with van der Waals surface area (Å²) in [7, 11) is 0. The fourth-order valence-corrected chi connectivity index (χ4v) is 1.32. The van der Waals surface area contributed by atoms with E-state index in [4.69, 9.17) is 0 Å². The molecule has 0 unspecified atom stereocenters. The van der Waals surface area contributed by atoms with Crippen LogP contribution in [-0.2, 0) is 9.59 Å². The van der Waals surface area contributed by atoms with Gasteiger partial charge in [-0.2, -0.15) is 0 Å². The summed E-state index contributed by atoms with van der Waals surface area (Å²) in [5, 5.41) is 2.30. The Morgan fingerprint density at radius 3 is 2.64 bits per heavy atom. The lowest BCUT2D eigenvalue weighted by atomic mass is 9.91. The van der Waals surface area contributed by atoms with Crippen LogP contribution in [0.15, 0.2) is 0 Å². The maximum Gasteiger partial charge on any atom is 0.230 e. The van der Waals surface area contributed by atoms with Gasteiger partial charge in [-0.3, -0.25) is 14.9 Å². The van der Waals surface area contributed by atoms with E-state index >= 15 is 0 Å². The van der Waals surface area contributed by atoms with E-state index in [-0.39, 0.29) is 17.7 Å². The maximum atomic E-state index is 11.1. The Hall–Kier alpha value is -0.860. The van der Waals surface area contributed by atoms with Crippen LogP contribution >= 0.6 is 0 Å². The zero-order valence-electron chi connectivity index (χ0n) is 6.89. The molecule has 1 aliphatic rings. The largest absolute Gasteiger partial charge is 0.296 e. The van der Waals surface area contributed by atoms with Crippen molar-refractivity contribution < 1.29 is 9.59 Å². The molecule has 11 heavy (non-hydrogen) atoms. The molecule has 1 rings (SSSR count). The van der Waals surface area contributed by atoms with E-state index in [1.807, 2.05) is 13.8 Å². The molecule has 3 heteroatoms. The Morgan fingerprint density at radius 2 is 2.27 bits per heavy atom. The van der Waals surface area contributed by atoms with Crippen molar-refractivity contribution in [1.82, 2.24) is 5.32 Å². The van der Waals surface area contributed by atoms with Gasteiger partial charge in [0.15, 0.2) is 0 Å². The average molecular weight is 155 g/mol. The number of carbonyl (C=O) groups excluding carboxylic acids is 2.